The van der Waals surface area contributed by atoms with E-state index in [4.69, 9.17) is 24.7 Å². The lowest BCUT2D eigenvalue weighted by atomic mass is 10.6. The first kappa shape index (κ1) is 47.1. The van der Waals surface area contributed by atoms with Crippen molar-refractivity contribution >= 4 is 51.4 Å². The van der Waals surface area contributed by atoms with Gasteiger partial charge in [-0.05, 0) is 72.5 Å². The highest BCUT2D eigenvalue weighted by Crippen LogP contribution is 2.46. The Morgan fingerprint density at radius 3 is 0.333 bits per heavy atom. The average molecular weight is 782 g/mol. The van der Waals surface area contributed by atoms with Crippen LogP contribution in [0.4, 0.5) is 0 Å². The van der Waals surface area contributed by atoms with Gasteiger partial charge in [0.05, 0.1) is 0 Å². The van der Waals surface area contributed by atoms with Crippen molar-refractivity contribution in [3.8, 4) is 0 Å². The van der Waals surface area contributed by atoms with E-state index < -0.39 is 51.4 Å². The normalized spacial score (nSPS) is 21.8. The molecule has 1 aliphatic rings. The van der Waals surface area contributed by atoms with E-state index in [9.17, 15) is 0 Å². The molecule has 1 saturated heterocycles. The van der Waals surface area contributed by atoms with E-state index >= 15 is 0 Å². The largest absolute Gasteiger partial charge is 0.415 e. The van der Waals surface area contributed by atoms with Crippen LogP contribution in [0.25, 0.3) is 0 Å². The maximum absolute atomic E-state index is 8.07. The molecule has 288 valence electrons. The van der Waals surface area contributed by atoms with Crippen LogP contribution in [0.3, 0.4) is 0 Å². The van der Waals surface area contributed by atoms with E-state index in [1.807, 2.05) is 0 Å². The summed E-state index contributed by atoms with van der Waals surface area (Å²) in [6.07, 6.45) is 12.9. The number of rotatable bonds is 24. The fourth-order valence-corrected chi connectivity index (χ4v) is 48.7. The second kappa shape index (κ2) is 23.7. The Morgan fingerprint density at radius 2 is 0.271 bits per heavy atom. The highest BCUT2D eigenvalue weighted by Gasteiger charge is 2.61. The second-order valence-electron chi connectivity index (χ2n) is 15.1. The number of hydrogen-bond donors (Lipinski definition) is 0. The summed E-state index contributed by atoms with van der Waals surface area (Å²) in [5.41, 5.74) is 0. The molecule has 48 heavy (non-hydrogen) atoms. The van der Waals surface area contributed by atoms with E-state index in [0.29, 0.717) is 0 Å². The van der Waals surface area contributed by atoms with E-state index in [1.54, 1.807) is 0 Å². The lowest BCUT2D eigenvalue weighted by molar-refractivity contribution is 0.206. The summed E-state index contributed by atoms with van der Waals surface area (Å²) < 4.78 is 48.4. The van der Waals surface area contributed by atoms with Gasteiger partial charge >= 0.3 is 51.4 Å². The topological polar surface area (TPSA) is 55.4 Å². The van der Waals surface area contributed by atoms with Crippen LogP contribution in [-0.2, 0) is 24.7 Å². The summed E-state index contributed by atoms with van der Waals surface area (Å²) in [6.45, 7) is 28.0. The maximum Gasteiger partial charge on any atom is 0.320 e. The average Bonchev–Trinajstić information content (AvgIpc) is 2.98. The lowest BCUT2D eigenvalue weighted by Gasteiger charge is -2.54. The Balaban J connectivity index is 4.47. The van der Waals surface area contributed by atoms with E-state index in [-0.39, 0.29) is 0 Å². The summed E-state index contributed by atoms with van der Waals surface area (Å²) in [4.78, 5) is 0. The van der Waals surface area contributed by atoms with Gasteiger partial charge in [0.15, 0.2) is 0 Å². The molecule has 6 nitrogen and oxygen atoms in total. The molecule has 0 aromatic carbocycles. The molecule has 0 saturated carbocycles. The zero-order valence-corrected chi connectivity index (χ0v) is 40.4. The Morgan fingerprint density at radius 1 is 0.188 bits per heavy atom. The molecule has 12 heteroatoms. The predicted molar refractivity (Wildman–Crippen MR) is 222 cm³/mol. The van der Waals surface area contributed by atoms with Gasteiger partial charge in [0.2, 0.25) is 0 Å². The molecule has 0 radical (unpaired) electrons. The third kappa shape index (κ3) is 13.8. The van der Waals surface area contributed by atoms with Gasteiger partial charge in [-0.25, -0.2) is 0 Å². The monoisotopic (exact) mass is 780 g/mol. The molecule has 0 aromatic heterocycles. The van der Waals surface area contributed by atoms with Gasteiger partial charge in [-0.15, -0.1) is 0 Å². The van der Waals surface area contributed by atoms with Gasteiger partial charge in [0.25, 0.3) is 0 Å². The van der Waals surface area contributed by atoms with E-state index in [2.05, 4.69) is 83.1 Å². The minimum absolute atomic E-state index is 1.02. The molecule has 0 unspecified atom stereocenters. The van der Waals surface area contributed by atoms with Crippen molar-refractivity contribution in [2.24, 2.45) is 0 Å². The van der Waals surface area contributed by atoms with Gasteiger partial charge in [0, 0.05) is 0 Å². The first-order chi connectivity index (χ1) is 23.0. The van der Waals surface area contributed by atoms with Crippen molar-refractivity contribution in [2.75, 3.05) is 0 Å². The zero-order chi connectivity index (χ0) is 36.2. The van der Waals surface area contributed by atoms with Crippen molar-refractivity contribution in [1.82, 2.24) is 0 Å². The molecule has 0 aliphatic carbocycles. The fourth-order valence-electron chi connectivity index (χ4n) is 8.70. The van der Waals surface area contributed by atoms with Gasteiger partial charge in [-0.1, -0.05) is 160 Å². The quantitative estimate of drug-likeness (QED) is 0.0909. The molecule has 1 fully saturated rings. The minimum Gasteiger partial charge on any atom is -0.415 e. The molecule has 0 aromatic rings. The highest BCUT2D eigenvalue weighted by atomic mass is 28.5. The van der Waals surface area contributed by atoms with Crippen LogP contribution in [0.2, 0.25) is 72.5 Å². The van der Waals surface area contributed by atoms with Crippen LogP contribution in [0.5, 0.6) is 0 Å². The molecule has 0 bridgehead atoms. The highest BCUT2D eigenvalue weighted by molar-refractivity contribution is 6.95. The summed E-state index contributed by atoms with van der Waals surface area (Å²) in [5, 5.41) is 0. The van der Waals surface area contributed by atoms with Crippen molar-refractivity contribution in [3.63, 3.8) is 0 Å². The van der Waals surface area contributed by atoms with Gasteiger partial charge < -0.3 is 24.7 Å². The first-order valence-corrected chi connectivity index (χ1v) is 34.6. The Labute approximate surface area is 307 Å². The van der Waals surface area contributed by atoms with Crippen LogP contribution in [0.1, 0.15) is 160 Å². The SMILES string of the molecule is CCC[Si]1(CCC)O[Si](CCC)(CCC)O[Si](CCC)(CCC)O[Si](CCC)(CCC)O[Si](CCC)(CCC)O[Si](CCC)(CCC)O1. The molecule has 1 aliphatic heterocycles. The second-order valence-corrected chi connectivity index (χ2v) is 36.9. The molecule has 1 heterocycles. The maximum atomic E-state index is 8.07. The van der Waals surface area contributed by atoms with Crippen molar-refractivity contribution < 1.29 is 24.7 Å². The summed E-state index contributed by atoms with van der Waals surface area (Å²) in [5.74, 6) is 0. The van der Waals surface area contributed by atoms with Gasteiger partial charge in [-0.2, -0.15) is 0 Å². The predicted octanol–water partition coefficient (Wildman–Crippen LogP) is 13.7. The van der Waals surface area contributed by atoms with Crippen LogP contribution in [0.15, 0.2) is 0 Å². The summed E-state index contributed by atoms with van der Waals surface area (Å²) >= 11 is 0. The molecular formula is C36H84O6Si6. The smallest absolute Gasteiger partial charge is 0.320 e. The van der Waals surface area contributed by atoms with Crippen LogP contribution in [0, 0.1) is 0 Å². The van der Waals surface area contributed by atoms with E-state index in [1.165, 1.54) is 0 Å². The molecule has 0 N–H and O–H groups in total. The van der Waals surface area contributed by atoms with Gasteiger partial charge in [-0.3, -0.25) is 0 Å². The van der Waals surface area contributed by atoms with Crippen molar-refractivity contribution in [1.29, 1.82) is 0 Å². The molecule has 1 rings (SSSR count). The third-order valence-corrected chi connectivity index (χ3v) is 42.8. The van der Waals surface area contributed by atoms with Crippen molar-refractivity contribution in [3.05, 3.63) is 0 Å². The molecular weight excluding hydrogens is 697 g/mol. The minimum atomic E-state index is -2.74. The molecule has 0 atom stereocenters. The standard InChI is InChI=1S/C36H84O6Si6/c1-13-25-43(26-14-2)37-44(27-15-3,28-16-4)39-46(31-19-7,32-20-8)41-48(35-23-11,36-24-12)42-47(33-21-9,34-22-10)40-45(38-43,29-17-5)30-18-6/h13-36H2,1-12H3. The third-order valence-electron chi connectivity index (χ3n) is 9.80. The lowest BCUT2D eigenvalue weighted by Crippen LogP contribution is -2.70. The van der Waals surface area contributed by atoms with Gasteiger partial charge in [0.1, 0.15) is 0 Å². The Kier molecular flexibility index (Phi) is 23.2. The fraction of sp³-hybridized carbons (Fsp3) is 1.00. The number of hydrogen-bond acceptors (Lipinski definition) is 6. The molecule has 0 spiro atoms. The van der Waals surface area contributed by atoms with Crippen LogP contribution < -0.4 is 0 Å². The first-order valence-electron chi connectivity index (χ1n) is 21.2. The summed E-state index contributed by atoms with van der Waals surface area (Å²) in [7, 11) is -16.5. The van der Waals surface area contributed by atoms with E-state index in [0.717, 1.165) is 150 Å². The Hall–Kier alpha value is 1.06. The van der Waals surface area contributed by atoms with Crippen LogP contribution >= 0.6 is 0 Å². The zero-order valence-electron chi connectivity index (χ0n) is 34.4. The summed E-state index contributed by atoms with van der Waals surface area (Å²) in [6, 6.07) is 12.3. The Bertz CT molecular complexity index is 606. The van der Waals surface area contributed by atoms with Crippen molar-refractivity contribution in [2.45, 2.75) is 233 Å². The molecule has 0 amide bonds. The van der Waals surface area contributed by atoms with Crippen LogP contribution in [-0.4, -0.2) is 51.4 Å².